The van der Waals surface area contributed by atoms with Crippen LogP contribution < -0.4 is 5.32 Å². The van der Waals surface area contributed by atoms with Gasteiger partial charge in [0.1, 0.15) is 0 Å². The van der Waals surface area contributed by atoms with E-state index in [1.54, 1.807) is 7.11 Å². The lowest BCUT2D eigenvalue weighted by molar-refractivity contribution is 0.184. The summed E-state index contributed by atoms with van der Waals surface area (Å²) in [6.07, 6.45) is 0. The zero-order chi connectivity index (χ0) is 11.6. The maximum Gasteiger partial charge on any atom is 0.0797 e. The van der Waals surface area contributed by atoms with E-state index in [2.05, 4.69) is 43.4 Å². The number of hydrogen-bond acceptors (Lipinski definition) is 3. The Morgan fingerprint density at radius 2 is 2.19 bits per heavy atom. The number of hydrogen-bond donors (Lipinski definition) is 1. The molecule has 1 aliphatic rings. The topological polar surface area (TPSA) is 21.3 Å². The molecule has 88 valence electrons. The molecule has 1 saturated heterocycles. The van der Waals surface area contributed by atoms with E-state index in [1.807, 2.05) is 11.8 Å². The Bertz CT molecular complexity index is 365. The summed E-state index contributed by atoms with van der Waals surface area (Å²) in [6, 6.07) is 8.51. The molecule has 0 amide bonds. The van der Waals surface area contributed by atoms with Crippen molar-refractivity contribution >= 4 is 11.8 Å². The average Bonchev–Trinajstić information content (AvgIpc) is 2.60. The van der Waals surface area contributed by atoms with Crippen molar-refractivity contribution < 1.29 is 4.74 Å². The van der Waals surface area contributed by atoms with E-state index in [-0.39, 0.29) is 5.54 Å². The summed E-state index contributed by atoms with van der Waals surface area (Å²) >= 11 is 1.98. The van der Waals surface area contributed by atoms with Gasteiger partial charge in [-0.2, -0.15) is 0 Å². The standard InChI is InChI=1S/C13H19NOS/c1-13(2)9-16-12(14-13)11-7-5-4-6-10(11)8-15-3/h4-7,12,14H,8-9H2,1-3H3. The predicted molar refractivity (Wildman–Crippen MR) is 69.6 cm³/mol. The van der Waals surface area contributed by atoms with Gasteiger partial charge in [0, 0.05) is 18.4 Å². The highest BCUT2D eigenvalue weighted by molar-refractivity contribution is 7.99. The molecule has 0 bridgehead atoms. The lowest BCUT2D eigenvalue weighted by Crippen LogP contribution is -2.36. The lowest BCUT2D eigenvalue weighted by atomic mass is 10.1. The molecule has 1 aliphatic heterocycles. The molecule has 1 aromatic rings. The normalized spacial score (nSPS) is 23.6. The van der Waals surface area contributed by atoms with Crippen LogP contribution in [0.5, 0.6) is 0 Å². The van der Waals surface area contributed by atoms with Gasteiger partial charge in [0.25, 0.3) is 0 Å². The van der Waals surface area contributed by atoms with Gasteiger partial charge in [-0.1, -0.05) is 24.3 Å². The van der Waals surface area contributed by atoms with E-state index < -0.39 is 0 Å². The first-order valence-electron chi connectivity index (χ1n) is 5.58. The Kier molecular flexibility index (Phi) is 3.57. The van der Waals surface area contributed by atoms with Gasteiger partial charge in [0.05, 0.1) is 12.0 Å². The molecule has 1 aromatic carbocycles. The maximum atomic E-state index is 5.24. The highest BCUT2D eigenvalue weighted by Gasteiger charge is 2.32. The molecule has 2 nitrogen and oxygen atoms in total. The van der Waals surface area contributed by atoms with Crippen LogP contribution in [0.15, 0.2) is 24.3 Å². The summed E-state index contributed by atoms with van der Waals surface area (Å²) in [5.74, 6) is 1.15. The van der Waals surface area contributed by atoms with Gasteiger partial charge in [-0.25, -0.2) is 0 Å². The Morgan fingerprint density at radius 3 is 2.81 bits per heavy atom. The van der Waals surface area contributed by atoms with Gasteiger partial charge >= 0.3 is 0 Å². The van der Waals surface area contributed by atoms with Crippen molar-refractivity contribution in [1.82, 2.24) is 5.32 Å². The first kappa shape index (κ1) is 12.0. The zero-order valence-electron chi connectivity index (χ0n) is 10.1. The Labute approximate surface area is 102 Å². The van der Waals surface area contributed by atoms with Crippen molar-refractivity contribution in [1.29, 1.82) is 0 Å². The van der Waals surface area contributed by atoms with Gasteiger partial charge < -0.3 is 4.74 Å². The molecule has 16 heavy (non-hydrogen) atoms. The highest BCUT2D eigenvalue weighted by Crippen LogP contribution is 2.38. The number of rotatable bonds is 3. The largest absolute Gasteiger partial charge is 0.380 e. The van der Waals surface area contributed by atoms with E-state index >= 15 is 0 Å². The molecular formula is C13H19NOS. The lowest BCUT2D eigenvalue weighted by Gasteiger charge is -2.20. The van der Waals surface area contributed by atoms with Crippen LogP contribution in [-0.2, 0) is 11.3 Å². The summed E-state index contributed by atoms with van der Waals surface area (Å²) in [7, 11) is 1.75. The first-order chi connectivity index (χ1) is 7.62. The van der Waals surface area contributed by atoms with E-state index in [1.165, 1.54) is 11.1 Å². The van der Waals surface area contributed by atoms with Gasteiger partial charge in [-0.05, 0) is 25.0 Å². The fraction of sp³-hybridized carbons (Fsp3) is 0.538. The number of benzene rings is 1. The third-order valence-electron chi connectivity index (χ3n) is 2.77. The minimum Gasteiger partial charge on any atom is -0.380 e. The molecule has 0 saturated carbocycles. The second-order valence-corrected chi connectivity index (χ2v) is 5.94. The van der Waals surface area contributed by atoms with E-state index in [9.17, 15) is 0 Å². The number of nitrogens with one attached hydrogen (secondary N) is 1. The summed E-state index contributed by atoms with van der Waals surface area (Å²) in [6.45, 7) is 5.19. The fourth-order valence-electron chi connectivity index (χ4n) is 1.97. The maximum absolute atomic E-state index is 5.24. The molecule has 1 heterocycles. The van der Waals surface area contributed by atoms with Crippen LogP contribution in [0, 0.1) is 0 Å². The smallest absolute Gasteiger partial charge is 0.0797 e. The summed E-state index contributed by atoms with van der Waals surface area (Å²) in [5.41, 5.74) is 2.88. The molecule has 0 radical (unpaired) electrons. The Hall–Kier alpha value is -0.510. The van der Waals surface area contributed by atoms with Crippen LogP contribution in [0.25, 0.3) is 0 Å². The monoisotopic (exact) mass is 237 g/mol. The van der Waals surface area contributed by atoms with Crippen molar-refractivity contribution in [2.24, 2.45) is 0 Å². The predicted octanol–water partition coefficient (Wildman–Crippen LogP) is 2.95. The van der Waals surface area contributed by atoms with Crippen LogP contribution in [0.4, 0.5) is 0 Å². The quantitative estimate of drug-likeness (QED) is 0.873. The van der Waals surface area contributed by atoms with Crippen LogP contribution in [-0.4, -0.2) is 18.4 Å². The van der Waals surface area contributed by atoms with Crippen molar-refractivity contribution in [3.63, 3.8) is 0 Å². The summed E-state index contributed by atoms with van der Waals surface area (Å²) < 4.78 is 5.24. The fourth-order valence-corrected chi connectivity index (χ4v) is 3.45. The van der Waals surface area contributed by atoms with Gasteiger partial charge in [-0.3, -0.25) is 5.32 Å². The van der Waals surface area contributed by atoms with E-state index in [0.717, 1.165) is 5.75 Å². The van der Waals surface area contributed by atoms with Gasteiger partial charge in [0.2, 0.25) is 0 Å². The second kappa shape index (κ2) is 4.78. The minimum absolute atomic E-state index is 0.232. The van der Waals surface area contributed by atoms with Crippen molar-refractivity contribution in [3.8, 4) is 0 Å². The zero-order valence-corrected chi connectivity index (χ0v) is 10.9. The first-order valence-corrected chi connectivity index (χ1v) is 6.63. The minimum atomic E-state index is 0.232. The van der Waals surface area contributed by atoms with Crippen LogP contribution in [0.3, 0.4) is 0 Å². The average molecular weight is 237 g/mol. The second-order valence-electron chi connectivity index (χ2n) is 4.85. The summed E-state index contributed by atoms with van der Waals surface area (Å²) in [4.78, 5) is 0. The summed E-state index contributed by atoms with van der Waals surface area (Å²) in [5, 5.41) is 4.06. The Morgan fingerprint density at radius 1 is 1.44 bits per heavy atom. The Balaban J connectivity index is 2.20. The van der Waals surface area contributed by atoms with Crippen LogP contribution >= 0.6 is 11.8 Å². The number of methoxy groups -OCH3 is 1. The van der Waals surface area contributed by atoms with Crippen molar-refractivity contribution in [3.05, 3.63) is 35.4 Å². The van der Waals surface area contributed by atoms with Crippen LogP contribution in [0.1, 0.15) is 30.3 Å². The molecule has 1 atom stereocenters. The highest BCUT2D eigenvalue weighted by atomic mass is 32.2. The molecule has 0 aromatic heterocycles. The molecule has 1 unspecified atom stereocenters. The molecule has 1 N–H and O–H groups in total. The van der Waals surface area contributed by atoms with Gasteiger partial charge in [0.15, 0.2) is 0 Å². The SMILES string of the molecule is COCc1ccccc1C1NC(C)(C)CS1. The van der Waals surface area contributed by atoms with Gasteiger partial charge in [-0.15, -0.1) is 11.8 Å². The third-order valence-corrected chi connectivity index (χ3v) is 4.36. The number of ether oxygens (including phenoxy) is 1. The van der Waals surface area contributed by atoms with E-state index in [4.69, 9.17) is 4.74 Å². The molecule has 0 aliphatic carbocycles. The molecule has 0 spiro atoms. The molecule has 1 fully saturated rings. The van der Waals surface area contributed by atoms with E-state index in [0.29, 0.717) is 12.0 Å². The van der Waals surface area contributed by atoms with Crippen LogP contribution in [0.2, 0.25) is 0 Å². The number of thioether (sulfide) groups is 1. The molecule has 3 heteroatoms. The molecule has 2 rings (SSSR count). The molecular weight excluding hydrogens is 218 g/mol. The third kappa shape index (κ3) is 2.59. The van der Waals surface area contributed by atoms with Crippen molar-refractivity contribution in [2.75, 3.05) is 12.9 Å². The van der Waals surface area contributed by atoms with Crippen molar-refractivity contribution in [2.45, 2.75) is 31.4 Å².